The second-order valence-corrected chi connectivity index (χ2v) is 5.79. The molecule has 3 heterocycles. The highest BCUT2D eigenvalue weighted by molar-refractivity contribution is 5.78. The van der Waals surface area contributed by atoms with E-state index < -0.39 is 0 Å². The minimum Gasteiger partial charge on any atom is -0.337 e. The normalized spacial score (nSPS) is 11.4. The Balaban J connectivity index is 1.75. The summed E-state index contributed by atoms with van der Waals surface area (Å²) in [4.78, 5) is 12.6. The number of para-hydroxylation sites is 2. The van der Waals surface area contributed by atoms with Gasteiger partial charge < -0.3 is 4.98 Å². The molecule has 1 N–H and O–H groups in total. The molecule has 0 saturated carbocycles. The number of H-pyrrole nitrogens is 1. The second kappa shape index (κ2) is 5.35. The first-order valence-electron chi connectivity index (χ1n) is 7.68. The lowest BCUT2D eigenvalue weighted by Crippen LogP contribution is -2.01. The summed E-state index contributed by atoms with van der Waals surface area (Å²) < 4.78 is 1.94. The summed E-state index contributed by atoms with van der Waals surface area (Å²) >= 11 is 0. The van der Waals surface area contributed by atoms with Crippen molar-refractivity contribution in [2.24, 2.45) is 0 Å². The monoisotopic (exact) mass is 303 g/mol. The van der Waals surface area contributed by atoms with Crippen molar-refractivity contribution in [3.05, 3.63) is 54.7 Å². The lowest BCUT2D eigenvalue weighted by atomic mass is 10.2. The lowest BCUT2D eigenvalue weighted by Gasteiger charge is -2.04. The summed E-state index contributed by atoms with van der Waals surface area (Å²) in [6.07, 6.45) is 1.98. The summed E-state index contributed by atoms with van der Waals surface area (Å²) in [6, 6.07) is 16.2. The molecule has 4 rings (SSSR count). The Hall–Kier alpha value is -2.95. The fraction of sp³-hybridized carbons (Fsp3) is 0.167. The molecule has 114 valence electrons. The van der Waals surface area contributed by atoms with Gasteiger partial charge in [0.2, 0.25) is 0 Å². The molecular weight excluding hydrogens is 286 g/mol. The first-order valence-corrected chi connectivity index (χ1v) is 7.68. The molecule has 0 aliphatic rings. The molecule has 0 aliphatic carbocycles. The van der Waals surface area contributed by atoms with Crippen LogP contribution in [-0.2, 0) is 0 Å². The van der Waals surface area contributed by atoms with Crippen molar-refractivity contribution in [1.82, 2.24) is 24.7 Å². The summed E-state index contributed by atoms with van der Waals surface area (Å²) in [6.45, 7) is 4.21. The van der Waals surface area contributed by atoms with Crippen LogP contribution in [0, 0.1) is 0 Å². The molecule has 0 amide bonds. The van der Waals surface area contributed by atoms with Crippen molar-refractivity contribution in [1.29, 1.82) is 0 Å². The van der Waals surface area contributed by atoms with E-state index in [4.69, 9.17) is 4.98 Å². The summed E-state index contributed by atoms with van der Waals surface area (Å²) in [5, 5.41) is 4.58. The van der Waals surface area contributed by atoms with Crippen molar-refractivity contribution < 1.29 is 0 Å². The minimum absolute atomic E-state index is 0.335. The van der Waals surface area contributed by atoms with Gasteiger partial charge in [-0.25, -0.2) is 9.97 Å². The van der Waals surface area contributed by atoms with E-state index >= 15 is 0 Å². The molecule has 0 bridgehead atoms. The maximum atomic E-state index is 4.71. The molecule has 0 unspecified atom stereocenters. The van der Waals surface area contributed by atoms with Gasteiger partial charge >= 0.3 is 0 Å². The molecule has 5 heteroatoms. The lowest BCUT2D eigenvalue weighted by molar-refractivity contribution is 0.534. The number of nitrogens with one attached hydrogen (secondary N) is 1. The predicted molar refractivity (Wildman–Crippen MR) is 90.9 cm³/mol. The van der Waals surface area contributed by atoms with Crippen LogP contribution in [0.1, 0.15) is 19.9 Å². The average Bonchev–Trinajstić information content (AvgIpc) is 3.22. The molecule has 4 aromatic rings. The van der Waals surface area contributed by atoms with Crippen LogP contribution in [-0.4, -0.2) is 24.7 Å². The number of fused-ring (bicyclic) bond motifs is 1. The van der Waals surface area contributed by atoms with Crippen molar-refractivity contribution in [2.45, 2.75) is 19.9 Å². The van der Waals surface area contributed by atoms with Crippen molar-refractivity contribution in [3.63, 3.8) is 0 Å². The number of hydrogen-bond acceptors (Lipinski definition) is 3. The molecule has 5 nitrogen and oxygen atoms in total. The highest BCUT2D eigenvalue weighted by atomic mass is 15.3. The Morgan fingerprint density at radius 2 is 1.70 bits per heavy atom. The quantitative estimate of drug-likeness (QED) is 0.620. The van der Waals surface area contributed by atoms with Gasteiger partial charge in [0.1, 0.15) is 11.4 Å². The van der Waals surface area contributed by atoms with E-state index in [2.05, 4.69) is 28.9 Å². The first kappa shape index (κ1) is 13.7. The third-order valence-corrected chi connectivity index (χ3v) is 3.78. The Bertz CT molecular complexity index is 931. The fourth-order valence-corrected chi connectivity index (χ4v) is 2.55. The van der Waals surface area contributed by atoms with E-state index in [-0.39, 0.29) is 0 Å². The van der Waals surface area contributed by atoms with Gasteiger partial charge in [-0.3, -0.25) is 4.68 Å². The zero-order valence-electron chi connectivity index (χ0n) is 13.1. The van der Waals surface area contributed by atoms with Crippen LogP contribution in [0.4, 0.5) is 0 Å². The van der Waals surface area contributed by atoms with Gasteiger partial charge in [0.05, 0.1) is 16.7 Å². The minimum atomic E-state index is 0.335. The van der Waals surface area contributed by atoms with Gasteiger partial charge in [-0.15, -0.1) is 0 Å². The average molecular weight is 303 g/mol. The number of benzene rings is 1. The van der Waals surface area contributed by atoms with Crippen LogP contribution in [0.25, 0.3) is 33.9 Å². The van der Waals surface area contributed by atoms with Crippen LogP contribution in [0.3, 0.4) is 0 Å². The van der Waals surface area contributed by atoms with E-state index in [1.54, 1.807) is 0 Å². The maximum absolute atomic E-state index is 4.71. The molecule has 3 aromatic heterocycles. The molecule has 23 heavy (non-hydrogen) atoms. The number of imidazole rings is 1. The van der Waals surface area contributed by atoms with E-state index in [0.717, 1.165) is 33.9 Å². The second-order valence-electron chi connectivity index (χ2n) is 5.79. The predicted octanol–water partition coefficient (Wildman–Crippen LogP) is 4.07. The Morgan fingerprint density at radius 1 is 0.870 bits per heavy atom. The van der Waals surface area contributed by atoms with Gasteiger partial charge in [0.25, 0.3) is 0 Å². The SMILES string of the molecule is CC(C)n1ccc(-c2cccc(-c3nc4ccccc4[nH]3)n2)n1. The third kappa shape index (κ3) is 2.50. The summed E-state index contributed by atoms with van der Waals surface area (Å²) in [5.74, 6) is 0.774. The topological polar surface area (TPSA) is 59.4 Å². The molecular formula is C18H17N5. The van der Waals surface area contributed by atoms with E-state index in [9.17, 15) is 0 Å². The zero-order chi connectivity index (χ0) is 15.8. The molecule has 0 radical (unpaired) electrons. The number of nitrogens with zero attached hydrogens (tertiary/aromatic N) is 4. The Morgan fingerprint density at radius 3 is 2.48 bits per heavy atom. The molecule has 1 aromatic carbocycles. The van der Waals surface area contributed by atoms with E-state index in [1.165, 1.54) is 0 Å². The first-order chi connectivity index (χ1) is 11.2. The molecule has 0 aliphatic heterocycles. The summed E-state index contributed by atoms with van der Waals surface area (Å²) in [7, 11) is 0. The number of hydrogen-bond donors (Lipinski definition) is 1. The standard InChI is InChI=1S/C18H17N5/c1-12(2)23-11-10-16(22-23)15-8-5-9-17(19-15)18-20-13-6-3-4-7-14(13)21-18/h3-12H,1-2H3,(H,20,21). The van der Waals surface area contributed by atoms with Crippen molar-refractivity contribution in [2.75, 3.05) is 0 Å². The number of pyridine rings is 1. The third-order valence-electron chi connectivity index (χ3n) is 3.78. The van der Waals surface area contributed by atoms with Crippen LogP contribution >= 0.6 is 0 Å². The molecule has 0 saturated heterocycles. The largest absolute Gasteiger partial charge is 0.337 e. The summed E-state index contributed by atoms with van der Waals surface area (Å²) in [5.41, 5.74) is 4.49. The Labute approximate surface area is 134 Å². The fourth-order valence-electron chi connectivity index (χ4n) is 2.55. The number of aromatic nitrogens is 5. The maximum Gasteiger partial charge on any atom is 0.157 e. The number of rotatable bonds is 3. The Kier molecular flexibility index (Phi) is 3.19. The molecule has 0 spiro atoms. The van der Waals surface area contributed by atoms with Crippen LogP contribution in [0.5, 0.6) is 0 Å². The van der Waals surface area contributed by atoms with Crippen molar-refractivity contribution >= 4 is 11.0 Å². The highest BCUT2D eigenvalue weighted by Gasteiger charge is 2.10. The molecule has 0 atom stereocenters. The van der Waals surface area contributed by atoms with Gasteiger partial charge in [0.15, 0.2) is 5.82 Å². The van der Waals surface area contributed by atoms with E-state index in [1.807, 2.05) is 59.4 Å². The van der Waals surface area contributed by atoms with E-state index in [0.29, 0.717) is 6.04 Å². The van der Waals surface area contributed by atoms with Crippen LogP contribution in [0.2, 0.25) is 0 Å². The zero-order valence-corrected chi connectivity index (χ0v) is 13.1. The van der Waals surface area contributed by atoms with Crippen LogP contribution in [0.15, 0.2) is 54.7 Å². The highest BCUT2D eigenvalue weighted by Crippen LogP contribution is 2.22. The van der Waals surface area contributed by atoms with Gasteiger partial charge in [-0.1, -0.05) is 18.2 Å². The van der Waals surface area contributed by atoms with Gasteiger partial charge in [0, 0.05) is 12.2 Å². The van der Waals surface area contributed by atoms with Crippen molar-refractivity contribution in [3.8, 4) is 22.9 Å². The van der Waals surface area contributed by atoms with Gasteiger partial charge in [-0.2, -0.15) is 5.10 Å². The van der Waals surface area contributed by atoms with Crippen LogP contribution < -0.4 is 0 Å². The van der Waals surface area contributed by atoms with Gasteiger partial charge in [-0.05, 0) is 44.2 Å². The molecule has 0 fully saturated rings. The number of aromatic amines is 1. The smallest absolute Gasteiger partial charge is 0.157 e.